The summed E-state index contributed by atoms with van der Waals surface area (Å²) in [5, 5.41) is 4.48. The Labute approximate surface area is 190 Å². The molecule has 1 unspecified atom stereocenters. The Bertz CT molecular complexity index is 1400. The minimum Gasteiger partial charge on any atom is -0.486 e. The van der Waals surface area contributed by atoms with Crippen molar-refractivity contribution in [1.82, 2.24) is 14.5 Å². The van der Waals surface area contributed by atoms with Gasteiger partial charge in [-0.2, -0.15) is 0 Å². The number of nitrogens with zero attached hydrogens (tertiary/aromatic N) is 2. The molecule has 0 spiro atoms. The van der Waals surface area contributed by atoms with E-state index in [4.69, 9.17) is 14.2 Å². The summed E-state index contributed by atoms with van der Waals surface area (Å²) in [6.07, 6.45) is 1.31. The Morgan fingerprint density at radius 2 is 1.91 bits per heavy atom. The zero-order valence-electron chi connectivity index (χ0n) is 18.5. The number of ether oxygens (including phenoxy) is 3. The average molecular weight is 447 g/mol. The lowest BCUT2D eigenvalue weighted by Gasteiger charge is -2.26. The summed E-state index contributed by atoms with van der Waals surface area (Å²) in [4.78, 5) is 26.6. The lowest BCUT2D eigenvalue weighted by molar-refractivity contribution is 0.0789. The number of fused-ring (bicyclic) bond motifs is 4. The molecule has 4 aromatic rings. The molecule has 0 aliphatic carbocycles. The fourth-order valence-electron chi connectivity index (χ4n) is 4.32. The summed E-state index contributed by atoms with van der Waals surface area (Å²) in [6, 6.07) is 15.2. The van der Waals surface area contributed by atoms with Crippen molar-refractivity contribution >= 4 is 27.7 Å². The third-order valence-corrected chi connectivity index (χ3v) is 5.96. The molecule has 1 amide bonds. The second kappa shape index (κ2) is 8.63. The van der Waals surface area contributed by atoms with E-state index in [0.29, 0.717) is 47.7 Å². The van der Waals surface area contributed by atoms with Gasteiger partial charge in [0.05, 0.1) is 18.7 Å². The monoisotopic (exact) mass is 447 g/mol. The zero-order chi connectivity index (χ0) is 22.9. The molecule has 1 aliphatic rings. The maximum absolute atomic E-state index is 13.4. The van der Waals surface area contributed by atoms with Gasteiger partial charge in [-0.05, 0) is 18.2 Å². The lowest BCUT2D eigenvalue weighted by Crippen LogP contribution is -2.41. The third kappa shape index (κ3) is 3.72. The molecule has 1 atom stereocenters. The predicted molar refractivity (Wildman–Crippen MR) is 125 cm³/mol. The van der Waals surface area contributed by atoms with Crippen molar-refractivity contribution in [3.8, 4) is 11.5 Å². The summed E-state index contributed by atoms with van der Waals surface area (Å²) in [7, 11) is 3.43. The molecule has 33 heavy (non-hydrogen) atoms. The summed E-state index contributed by atoms with van der Waals surface area (Å²) in [5.74, 6) is 1.08. The van der Waals surface area contributed by atoms with E-state index in [0.717, 1.165) is 10.9 Å². The maximum Gasteiger partial charge on any atom is 0.275 e. The first kappa shape index (κ1) is 21.1. The smallest absolute Gasteiger partial charge is 0.275 e. The molecule has 3 heterocycles. The third-order valence-electron chi connectivity index (χ3n) is 5.96. The highest BCUT2D eigenvalue weighted by Crippen LogP contribution is 2.31. The van der Waals surface area contributed by atoms with Crippen LogP contribution in [0.2, 0.25) is 0 Å². The molecule has 0 radical (unpaired) electrons. The summed E-state index contributed by atoms with van der Waals surface area (Å²) >= 11 is 0. The minimum atomic E-state index is -0.314. The zero-order valence-corrected chi connectivity index (χ0v) is 18.5. The highest BCUT2D eigenvalue weighted by molar-refractivity contribution is 6.17. The molecule has 2 aromatic heterocycles. The van der Waals surface area contributed by atoms with Gasteiger partial charge in [0.1, 0.15) is 18.2 Å². The number of amides is 1. The van der Waals surface area contributed by atoms with Crippen LogP contribution < -0.4 is 20.3 Å². The van der Waals surface area contributed by atoms with Crippen LogP contribution in [0.25, 0.3) is 21.8 Å². The van der Waals surface area contributed by atoms with Crippen LogP contribution in [0.3, 0.4) is 0 Å². The SMILES string of the molecule is COCCn1cc(C(=O)NCC2COc3ccccc3O2)c2c3ccccc3n(C)c2c1=O. The van der Waals surface area contributed by atoms with Gasteiger partial charge in [-0.25, -0.2) is 0 Å². The Hall–Kier alpha value is -3.78. The number of nitrogens with one attached hydrogen (secondary N) is 1. The second-order valence-electron chi connectivity index (χ2n) is 8.04. The number of para-hydroxylation sites is 3. The van der Waals surface area contributed by atoms with E-state index in [1.54, 1.807) is 13.3 Å². The molecular weight excluding hydrogens is 422 g/mol. The van der Waals surface area contributed by atoms with Crippen LogP contribution >= 0.6 is 0 Å². The molecule has 2 aromatic carbocycles. The first-order chi connectivity index (χ1) is 16.1. The Morgan fingerprint density at radius 1 is 1.15 bits per heavy atom. The van der Waals surface area contributed by atoms with E-state index in [9.17, 15) is 9.59 Å². The standard InChI is InChI=1S/C25H25N3O5/c1-27-19-8-4-3-7-17(19)22-18(14-28(11-12-31-2)25(30)23(22)27)24(29)26-13-16-15-32-20-9-5-6-10-21(20)33-16/h3-10,14,16H,11-13,15H2,1-2H3,(H,26,29). The van der Waals surface area contributed by atoms with Crippen LogP contribution in [0.5, 0.6) is 11.5 Å². The molecule has 0 bridgehead atoms. The van der Waals surface area contributed by atoms with Crippen molar-refractivity contribution in [1.29, 1.82) is 0 Å². The number of hydrogen-bond donors (Lipinski definition) is 1. The number of carbonyl (C=O) groups excluding carboxylic acids is 1. The summed E-state index contributed by atoms with van der Waals surface area (Å²) in [6.45, 7) is 1.33. The minimum absolute atomic E-state index is 0.155. The van der Waals surface area contributed by atoms with Crippen molar-refractivity contribution in [2.24, 2.45) is 7.05 Å². The van der Waals surface area contributed by atoms with Crippen molar-refractivity contribution in [3.63, 3.8) is 0 Å². The van der Waals surface area contributed by atoms with Crippen LogP contribution in [-0.2, 0) is 18.3 Å². The Morgan fingerprint density at radius 3 is 2.73 bits per heavy atom. The van der Waals surface area contributed by atoms with Gasteiger partial charge in [-0.3, -0.25) is 9.59 Å². The molecule has 8 nitrogen and oxygen atoms in total. The lowest BCUT2D eigenvalue weighted by atomic mass is 10.1. The summed E-state index contributed by atoms with van der Waals surface area (Å²) in [5.41, 5.74) is 1.67. The topological polar surface area (TPSA) is 83.7 Å². The molecule has 0 saturated carbocycles. The number of aryl methyl sites for hydroxylation is 1. The number of benzene rings is 2. The van der Waals surface area contributed by atoms with Gasteiger partial charge in [-0.1, -0.05) is 30.3 Å². The van der Waals surface area contributed by atoms with Gasteiger partial charge in [0, 0.05) is 43.2 Å². The number of pyridine rings is 1. The quantitative estimate of drug-likeness (QED) is 0.491. The van der Waals surface area contributed by atoms with E-state index in [1.165, 1.54) is 4.57 Å². The molecule has 1 aliphatic heterocycles. The van der Waals surface area contributed by atoms with Gasteiger partial charge < -0.3 is 28.7 Å². The fraction of sp³-hybridized carbons (Fsp3) is 0.280. The van der Waals surface area contributed by atoms with Crippen molar-refractivity contribution in [2.75, 3.05) is 26.9 Å². The number of aromatic nitrogens is 2. The predicted octanol–water partition coefficient (Wildman–Crippen LogP) is 2.71. The van der Waals surface area contributed by atoms with E-state index in [-0.39, 0.29) is 24.1 Å². The van der Waals surface area contributed by atoms with Gasteiger partial charge in [0.25, 0.3) is 11.5 Å². The maximum atomic E-state index is 13.4. The van der Waals surface area contributed by atoms with Crippen LogP contribution in [0.15, 0.2) is 59.5 Å². The van der Waals surface area contributed by atoms with Gasteiger partial charge in [0.2, 0.25) is 0 Å². The van der Waals surface area contributed by atoms with E-state index in [1.807, 2.05) is 60.1 Å². The average Bonchev–Trinajstić information content (AvgIpc) is 3.15. The highest BCUT2D eigenvalue weighted by Gasteiger charge is 2.24. The number of hydrogen-bond acceptors (Lipinski definition) is 5. The normalized spacial score (nSPS) is 15.2. The van der Waals surface area contributed by atoms with Gasteiger partial charge >= 0.3 is 0 Å². The molecule has 170 valence electrons. The highest BCUT2D eigenvalue weighted by atomic mass is 16.6. The van der Waals surface area contributed by atoms with Crippen LogP contribution in [0, 0.1) is 0 Å². The largest absolute Gasteiger partial charge is 0.486 e. The summed E-state index contributed by atoms with van der Waals surface area (Å²) < 4.78 is 20.3. The van der Waals surface area contributed by atoms with Gasteiger partial charge in [-0.15, -0.1) is 0 Å². The van der Waals surface area contributed by atoms with Crippen LogP contribution in [-0.4, -0.2) is 48.0 Å². The van der Waals surface area contributed by atoms with Crippen LogP contribution in [0.4, 0.5) is 0 Å². The number of carbonyl (C=O) groups is 1. The van der Waals surface area contributed by atoms with E-state index < -0.39 is 0 Å². The first-order valence-corrected chi connectivity index (χ1v) is 10.8. The van der Waals surface area contributed by atoms with E-state index in [2.05, 4.69) is 5.32 Å². The van der Waals surface area contributed by atoms with Crippen LogP contribution in [0.1, 0.15) is 10.4 Å². The molecule has 0 saturated heterocycles. The van der Waals surface area contributed by atoms with Crippen molar-refractivity contribution in [3.05, 3.63) is 70.6 Å². The van der Waals surface area contributed by atoms with Crippen molar-refractivity contribution < 1.29 is 19.0 Å². The molecule has 5 rings (SSSR count). The molecular formula is C25H25N3O5. The molecule has 8 heteroatoms. The Balaban J connectivity index is 1.50. The number of methoxy groups -OCH3 is 1. The fourth-order valence-corrected chi connectivity index (χ4v) is 4.32. The van der Waals surface area contributed by atoms with Crippen molar-refractivity contribution in [2.45, 2.75) is 12.6 Å². The van der Waals surface area contributed by atoms with E-state index >= 15 is 0 Å². The first-order valence-electron chi connectivity index (χ1n) is 10.8. The number of rotatable bonds is 6. The second-order valence-corrected chi connectivity index (χ2v) is 8.04. The van der Waals surface area contributed by atoms with Gasteiger partial charge in [0.15, 0.2) is 11.5 Å². The Kier molecular flexibility index (Phi) is 5.51. The molecule has 1 N–H and O–H groups in total. The molecule has 0 fully saturated rings.